The highest BCUT2D eigenvalue weighted by atomic mass is 79.9. The van der Waals surface area contributed by atoms with Gasteiger partial charge in [-0.3, -0.25) is 0 Å². The van der Waals surface area contributed by atoms with Crippen molar-refractivity contribution < 1.29 is 5.21 Å². The second-order valence-corrected chi connectivity index (χ2v) is 5.43. The van der Waals surface area contributed by atoms with Gasteiger partial charge in [-0.25, -0.2) is 0 Å². The number of nitrogens with zero attached hydrogens (tertiary/aromatic N) is 1. The lowest BCUT2D eigenvalue weighted by Gasteiger charge is -2.36. The Balaban J connectivity index is 2.45. The van der Waals surface area contributed by atoms with Crippen molar-refractivity contribution in [3.63, 3.8) is 0 Å². The largest absolute Gasteiger partial charge is 0.411 e. The fourth-order valence-corrected chi connectivity index (χ4v) is 4.26. The van der Waals surface area contributed by atoms with E-state index in [4.69, 9.17) is 5.21 Å². The van der Waals surface area contributed by atoms with Gasteiger partial charge in [0.25, 0.3) is 0 Å². The molecule has 2 nitrogen and oxygen atoms in total. The van der Waals surface area contributed by atoms with Crippen LogP contribution in [0.4, 0.5) is 0 Å². The second kappa shape index (κ2) is 2.72. The molecular formula is C10H16BrNO. The van der Waals surface area contributed by atoms with E-state index < -0.39 is 0 Å². The van der Waals surface area contributed by atoms with E-state index in [1.165, 1.54) is 12.8 Å². The van der Waals surface area contributed by atoms with Gasteiger partial charge >= 0.3 is 0 Å². The van der Waals surface area contributed by atoms with Crippen LogP contribution in [0, 0.1) is 16.7 Å². The molecule has 2 fully saturated rings. The topological polar surface area (TPSA) is 32.6 Å². The van der Waals surface area contributed by atoms with Crippen molar-refractivity contribution in [2.45, 2.75) is 33.1 Å². The standard InChI is InChI=1S/C10H16BrNO/c1-9-4-3-7(5-8(9)12-13)10(9,2)6-11/h7,13H,3-6H2,1-2H3/b12-8-/t7-,9+,10+/m0/s1. The van der Waals surface area contributed by atoms with Crippen molar-refractivity contribution >= 4 is 21.6 Å². The highest BCUT2D eigenvalue weighted by Crippen LogP contribution is 2.64. The monoisotopic (exact) mass is 245 g/mol. The maximum absolute atomic E-state index is 8.95. The zero-order valence-electron chi connectivity index (χ0n) is 8.18. The number of alkyl halides is 1. The van der Waals surface area contributed by atoms with Gasteiger partial charge in [-0.05, 0) is 30.6 Å². The highest BCUT2D eigenvalue weighted by Gasteiger charge is 2.62. The molecule has 2 saturated carbocycles. The average Bonchev–Trinajstić information content (AvgIpc) is 2.51. The van der Waals surface area contributed by atoms with Gasteiger partial charge in [0.15, 0.2) is 0 Å². The maximum atomic E-state index is 8.95. The van der Waals surface area contributed by atoms with Crippen molar-refractivity contribution in [1.29, 1.82) is 0 Å². The van der Waals surface area contributed by atoms with Crippen LogP contribution >= 0.6 is 15.9 Å². The molecule has 0 radical (unpaired) electrons. The van der Waals surface area contributed by atoms with Crippen LogP contribution in [0.2, 0.25) is 0 Å². The summed E-state index contributed by atoms with van der Waals surface area (Å²) in [5.74, 6) is 0.711. The first-order chi connectivity index (χ1) is 6.08. The highest BCUT2D eigenvalue weighted by molar-refractivity contribution is 9.09. The fourth-order valence-electron chi connectivity index (χ4n) is 3.19. The van der Waals surface area contributed by atoms with Gasteiger partial charge in [0.05, 0.1) is 5.71 Å². The number of oxime groups is 1. The lowest BCUT2D eigenvalue weighted by atomic mass is 9.70. The molecule has 0 aromatic carbocycles. The van der Waals surface area contributed by atoms with Gasteiger partial charge in [-0.15, -0.1) is 0 Å². The zero-order chi connectivity index (χ0) is 9.69. The quantitative estimate of drug-likeness (QED) is 0.430. The van der Waals surface area contributed by atoms with Crippen LogP contribution in [0.5, 0.6) is 0 Å². The molecule has 0 aromatic rings. The summed E-state index contributed by atoms with van der Waals surface area (Å²) >= 11 is 3.61. The molecule has 2 bridgehead atoms. The van der Waals surface area contributed by atoms with Crippen molar-refractivity contribution in [2.24, 2.45) is 21.9 Å². The van der Waals surface area contributed by atoms with Crippen molar-refractivity contribution in [3.8, 4) is 0 Å². The van der Waals surface area contributed by atoms with Crippen LogP contribution < -0.4 is 0 Å². The number of hydrogen-bond donors (Lipinski definition) is 1. The molecule has 3 atom stereocenters. The normalized spacial score (nSPS) is 51.9. The van der Waals surface area contributed by atoms with E-state index in [0.29, 0.717) is 11.3 Å². The Bertz CT molecular complexity index is 266. The third-order valence-corrected chi connectivity index (χ3v) is 5.79. The molecule has 0 amide bonds. The summed E-state index contributed by atoms with van der Waals surface area (Å²) in [6.07, 6.45) is 3.46. The van der Waals surface area contributed by atoms with E-state index in [-0.39, 0.29) is 5.41 Å². The van der Waals surface area contributed by atoms with Crippen LogP contribution in [-0.2, 0) is 0 Å². The summed E-state index contributed by atoms with van der Waals surface area (Å²) in [4.78, 5) is 0. The summed E-state index contributed by atoms with van der Waals surface area (Å²) < 4.78 is 0. The van der Waals surface area contributed by atoms with E-state index in [0.717, 1.165) is 17.5 Å². The molecule has 2 aliphatic rings. The van der Waals surface area contributed by atoms with Crippen molar-refractivity contribution in [2.75, 3.05) is 5.33 Å². The Kier molecular flexibility index (Phi) is 1.99. The third-order valence-electron chi connectivity index (χ3n) is 4.63. The average molecular weight is 246 g/mol. The number of rotatable bonds is 1. The maximum Gasteiger partial charge on any atom is 0.0638 e. The van der Waals surface area contributed by atoms with Crippen molar-refractivity contribution in [3.05, 3.63) is 0 Å². The molecule has 1 N–H and O–H groups in total. The molecular weight excluding hydrogens is 230 g/mol. The minimum absolute atomic E-state index is 0.135. The first kappa shape index (κ1) is 9.50. The molecule has 74 valence electrons. The van der Waals surface area contributed by atoms with E-state index in [9.17, 15) is 0 Å². The van der Waals surface area contributed by atoms with E-state index in [2.05, 4.69) is 34.9 Å². The van der Waals surface area contributed by atoms with Gasteiger partial charge in [0.1, 0.15) is 0 Å². The molecule has 0 spiro atoms. The molecule has 0 heterocycles. The van der Waals surface area contributed by atoms with Crippen LogP contribution in [0.15, 0.2) is 5.16 Å². The van der Waals surface area contributed by atoms with Gasteiger partial charge < -0.3 is 5.21 Å². The SMILES string of the molecule is C[C@@]12CC[C@@H](C/C1=N/O)[C@@]2(C)CBr. The molecule has 2 aliphatic carbocycles. The summed E-state index contributed by atoms with van der Waals surface area (Å²) in [5.41, 5.74) is 1.45. The molecule has 0 saturated heterocycles. The second-order valence-electron chi connectivity index (χ2n) is 4.87. The predicted octanol–water partition coefficient (Wildman–Crippen LogP) is 3.04. The Morgan fingerprint density at radius 1 is 1.62 bits per heavy atom. The van der Waals surface area contributed by atoms with E-state index in [1.54, 1.807) is 0 Å². The summed E-state index contributed by atoms with van der Waals surface area (Å²) in [6.45, 7) is 4.56. The first-order valence-electron chi connectivity index (χ1n) is 4.86. The molecule has 13 heavy (non-hydrogen) atoms. The van der Waals surface area contributed by atoms with Crippen LogP contribution in [-0.4, -0.2) is 16.2 Å². The molecule has 3 heteroatoms. The molecule has 2 rings (SSSR count). The van der Waals surface area contributed by atoms with Crippen LogP contribution in [0.25, 0.3) is 0 Å². The Morgan fingerprint density at radius 2 is 2.31 bits per heavy atom. The van der Waals surface area contributed by atoms with Crippen molar-refractivity contribution in [1.82, 2.24) is 0 Å². The Morgan fingerprint density at radius 3 is 2.69 bits per heavy atom. The zero-order valence-corrected chi connectivity index (χ0v) is 9.76. The lowest BCUT2D eigenvalue weighted by molar-refractivity contribution is 0.199. The third kappa shape index (κ3) is 0.915. The number of halogens is 1. The van der Waals surface area contributed by atoms with Gasteiger partial charge in [0, 0.05) is 10.7 Å². The van der Waals surface area contributed by atoms with Crippen LogP contribution in [0.1, 0.15) is 33.1 Å². The van der Waals surface area contributed by atoms with Crippen LogP contribution in [0.3, 0.4) is 0 Å². The van der Waals surface area contributed by atoms with E-state index in [1.807, 2.05) is 0 Å². The number of fused-ring (bicyclic) bond motifs is 2. The smallest absolute Gasteiger partial charge is 0.0638 e. The predicted molar refractivity (Wildman–Crippen MR) is 56.6 cm³/mol. The molecule has 0 aliphatic heterocycles. The number of hydrogen-bond acceptors (Lipinski definition) is 2. The van der Waals surface area contributed by atoms with E-state index >= 15 is 0 Å². The summed E-state index contributed by atoms with van der Waals surface area (Å²) in [7, 11) is 0. The van der Waals surface area contributed by atoms with Gasteiger partial charge in [-0.1, -0.05) is 34.9 Å². The Hall–Kier alpha value is -0.0500. The minimum atomic E-state index is 0.135. The van der Waals surface area contributed by atoms with Gasteiger partial charge in [0.2, 0.25) is 0 Å². The van der Waals surface area contributed by atoms with Gasteiger partial charge in [-0.2, -0.15) is 0 Å². The summed E-state index contributed by atoms with van der Waals surface area (Å²) in [5, 5.41) is 13.4. The Labute approximate surface area is 87.5 Å². The molecule has 0 aromatic heterocycles. The summed E-state index contributed by atoms with van der Waals surface area (Å²) in [6, 6.07) is 0. The molecule has 0 unspecified atom stereocenters. The fraction of sp³-hybridized carbons (Fsp3) is 0.900. The minimum Gasteiger partial charge on any atom is -0.411 e. The first-order valence-corrected chi connectivity index (χ1v) is 5.98. The lowest BCUT2D eigenvalue weighted by Crippen LogP contribution is -2.36.